The summed E-state index contributed by atoms with van der Waals surface area (Å²) < 4.78 is 41.0. The third kappa shape index (κ3) is 3.53. The second-order valence-electron chi connectivity index (χ2n) is 7.41. The molecule has 0 amide bonds. The Labute approximate surface area is 180 Å². The van der Waals surface area contributed by atoms with Crippen molar-refractivity contribution in [1.29, 1.82) is 0 Å². The molecule has 2 aromatic heterocycles. The van der Waals surface area contributed by atoms with Crippen molar-refractivity contribution >= 4 is 28.9 Å². The van der Waals surface area contributed by atoms with Gasteiger partial charge in [0.15, 0.2) is 11.5 Å². The summed E-state index contributed by atoms with van der Waals surface area (Å²) in [6, 6.07) is 12.9. The smallest absolute Gasteiger partial charge is 0.362 e. The van der Waals surface area contributed by atoms with Crippen molar-refractivity contribution in [2.45, 2.75) is 25.3 Å². The first-order valence-electron chi connectivity index (χ1n) is 9.92. The van der Waals surface area contributed by atoms with E-state index in [2.05, 4.69) is 25.3 Å². The fraction of sp³-hybridized carbons (Fsp3) is 0.182. The molecule has 7 nitrogen and oxygen atoms in total. The Kier molecular flexibility index (Phi) is 4.76. The summed E-state index contributed by atoms with van der Waals surface area (Å²) in [6.07, 6.45) is -0.554. The number of nitrogens with one attached hydrogen (secondary N) is 2. The van der Waals surface area contributed by atoms with E-state index in [0.29, 0.717) is 22.3 Å². The zero-order chi connectivity index (χ0) is 22.3. The van der Waals surface area contributed by atoms with Crippen LogP contribution in [0.25, 0.3) is 17.4 Å². The first kappa shape index (κ1) is 20.0. The van der Waals surface area contributed by atoms with Crippen LogP contribution in [-0.4, -0.2) is 32.1 Å². The summed E-state index contributed by atoms with van der Waals surface area (Å²) in [5.74, 6) is 0.540. The minimum absolute atomic E-state index is 0.0466. The number of rotatable bonds is 4. The lowest BCUT2D eigenvalue weighted by Crippen LogP contribution is -2.50. The van der Waals surface area contributed by atoms with Gasteiger partial charge in [-0.1, -0.05) is 24.3 Å². The standard InChI is InChI=1S/C22H18F3N7/c1-13(30-20-18-19(27-11-26-18)28-12-29-20)21-31-17-9-5-8-16(22(23,24)25)15(17)10-32(21)14-6-3-2-4-7-14/h2-13,21H,1H3,(H2,26,27,28,29,30). The van der Waals surface area contributed by atoms with Gasteiger partial charge in [0.25, 0.3) is 0 Å². The lowest BCUT2D eigenvalue weighted by atomic mass is 10.1. The summed E-state index contributed by atoms with van der Waals surface area (Å²) in [6.45, 7) is 1.90. The molecule has 5 rings (SSSR count). The van der Waals surface area contributed by atoms with Crippen LogP contribution < -0.4 is 20.8 Å². The number of aromatic amines is 1. The number of aromatic nitrogens is 4. The molecule has 0 saturated heterocycles. The zero-order valence-corrected chi connectivity index (χ0v) is 16.9. The predicted octanol–water partition coefficient (Wildman–Crippen LogP) is 3.08. The van der Waals surface area contributed by atoms with Crippen LogP contribution in [0, 0.1) is 0 Å². The number of hydrogen-bond donors (Lipinski definition) is 2. The van der Waals surface area contributed by atoms with Crippen LogP contribution in [0.15, 0.2) is 66.2 Å². The van der Waals surface area contributed by atoms with E-state index < -0.39 is 17.9 Å². The Morgan fingerprint density at radius 1 is 1.03 bits per heavy atom. The number of nitrogens with zero attached hydrogens (tertiary/aromatic N) is 5. The molecule has 2 atom stereocenters. The van der Waals surface area contributed by atoms with Gasteiger partial charge in [-0.3, -0.25) is 4.99 Å². The third-order valence-corrected chi connectivity index (χ3v) is 5.30. The van der Waals surface area contributed by atoms with Crippen LogP contribution in [0.1, 0.15) is 12.5 Å². The van der Waals surface area contributed by atoms with Crippen LogP contribution in [0.3, 0.4) is 0 Å². The highest BCUT2D eigenvalue weighted by atomic mass is 19.4. The van der Waals surface area contributed by atoms with E-state index >= 15 is 0 Å². The van der Waals surface area contributed by atoms with Crippen molar-refractivity contribution in [3.05, 3.63) is 77.3 Å². The first-order chi connectivity index (χ1) is 15.4. The molecule has 10 heteroatoms. The molecule has 0 spiro atoms. The average molecular weight is 437 g/mol. The van der Waals surface area contributed by atoms with Crippen LogP contribution in [-0.2, 0) is 6.18 Å². The molecule has 2 unspecified atom stereocenters. The quantitative estimate of drug-likeness (QED) is 0.513. The normalized spacial score (nSPS) is 16.8. The van der Waals surface area contributed by atoms with Crippen LogP contribution >= 0.6 is 0 Å². The SMILES string of the molecule is CC(Nc1ncnc2nc[nH]c12)C1N=c2cccc(C(F)(F)F)c2=CN1c1ccccc1. The number of H-pyrrole nitrogens is 1. The first-order valence-corrected chi connectivity index (χ1v) is 9.92. The second kappa shape index (κ2) is 7.63. The Balaban J connectivity index is 1.61. The van der Waals surface area contributed by atoms with Crippen LogP contribution in [0.2, 0.25) is 0 Å². The molecule has 0 saturated carbocycles. The van der Waals surface area contributed by atoms with Crippen molar-refractivity contribution in [2.24, 2.45) is 4.99 Å². The molecule has 3 heterocycles. The third-order valence-electron chi connectivity index (χ3n) is 5.30. The average Bonchev–Trinajstić information content (AvgIpc) is 3.27. The van der Waals surface area contributed by atoms with Gasteiger partial charge in [0.1, 0.15) is 18.0 Å². The molecular formula is C22H18F3N7. The van der Waals surface area contributed by atoms with Crippen LogP contribution in [0.4, 0.5) is 24.7 Å². The lowest BCUT2D eigenvalue weighted by Gasteiger charge is -2.34. The van der Waals surface area contributed by atoms with E-state index in [1.165, 1.54) is 24.9 Å². The number of imidazole rings is 1. The maximum Gasteiger partial charge on any atom is 0.417 e. The Bertz CT molecular complexity index is 1380. The van der Waals surface area contributed by atoms with Gasteiger partial charge in [0.05, 0.1) is 23.3 Å². The maximum absolute atomic E-state index is 13.7. The minimum atomic E-state index is -4.48. The summed E-state index contributed by atoms with van der Waals surface area (Å²) >= 11 is 0. The number of anilines is 2. The number of para-hydroxylation sites is 1. The molecule has 0 aliphatic carbocycles. The fourth-order valence-electron chi connectivity index (χ4n) is 3.81. The van der Waals surface area contributed by atoms with Crippen molar-refractivity contribution in [2.75, 3.05) is 10.2 Å². The van der Waals surface area contributed by atoms with E-state index in [0.717, 1.165) is 11.8 Å². The lowest BCUT2D eigenvalue weighted by molar-refractivity contribution is -0.138. The maximum atomic E-state index is 13.7. The van der Waals surface area contributed by atoms with Gasteiger partial charge in [0.2, 0.25) is 0 Å². The van der Waals surface area contributed by atoms with Crippen molar-refractivity contribution in [3.63, 3.8) is 0 Å². The highest BCUT2D eigenvalue weighted by Gasteiger charge is 2.34. The predicted molar refractivity (Wildman–Crippen MR) is 114 cm³/mol. The van der Waals surface area contributed by atoms with Gasteiger partial charge >= 0.3 is 6.18 Å². The van der Waals surface area contributed by atoms with Gasteiger partial charge in [0, 0.05) is 17.1 Å². The largest absolute Gasteiger partial charge is 0.417 e. The molecule has 2 aromatic carbocycles. The number of benzene rings is 2. The van der Waals surface area contributed by atoms with Crippen molar-refractivity contribution in [3.8, 4) is 0 Å². The molecule has 1 aliphatic rings. The van der Waals surface area contributed by atoms with E-state index in [9.17, 15) is 13.2 Å². The number of alkyl halides is 3. The van der Waals surface area contributed by atoms with Crippen LogP contribution in [0.5, 0.6) is 0 Å². The second-order valence-corrected chi connectivity index (χ2v) is 7.41. The highest BCUT2D eigenvalue weighted by molar-refractivity contribution is 5.82. The Hall–Kier alpha value is -3.95. The van der Waals surface area contributed by atoms with E-state index in [1.807, 2.05) is 37.3 Å². The molecule has 1 aliphatic heterocycles. The summed E-state index contributed by atoms with van der Waals surface area (Å²) in [5.41, 5.74) is 1.17. The number of hydrogen-bond acceptors (Lipinski definition) is 6. The molecule has 162 valence electrons. The van der Waals surface area contributed by atoms with E-state index in [1.54, 1.807) is 11.0 Å². The van der Waals surface area contributed by atoms with Gasteiger partial charge < -0.3 is 15.2 Å². The van der Waals surface area contributed by atoms with Crippen molar-refractivity contribution in [1.82, 2.24) is 19.9 Å². The van der Waals surface area contributed by atoms with E-state index in [4.69, 9.17) is 4.99 Å². The zero-order valence-electron chi connectivity index (χ0n) is 16.9. The monoisotopic (exact) mass is 437 g/mol. The van der Waals surface area contributed by atoms with Gasteiger partial charge in [-0.05, 0) is 31.2 Å². The van der Waals surface area contributed by atoms with Gasteiger partial charge in [-0.25, -0.2) is 15.0 Å². The van der Waals surface area contributed by atoms with Crippen molar-refractivity contribution < 1.29 is 13.2 Å². The number of fused-ring (bicyclic) bond motifs is 2. The van der Waals surface area contributed by atoms with E-state index in [-0.39, 0.29) is 11.3 Å². The molecule has 0 fully saturated rings. The molecule has 2 N–H and O–H groups in total. The summed E-state index contributed by atoms with van der Waals surface area (Å²) in [5, 5.41) is 3.65. The molecule has 4 aromatic rings. The molecular weight excluding hydrogens is 419 g/mol. The Morgan fingerprint density at radius 3 is 2.62 bits per heavy atom. The summed E-state index contributed by atoms with van der Waals surface area (Å²) in [4.78, 5) is 22.0. The highest BCUT2D eigenvalue weighted by Crippen LogP contribution is 2.28. The molecule has 32 heavy (non-hydrogen) atoms. The van der Waals surface area contributed by atoms with Gasteiger partial charge in [-0.2, -0.15) is 13.2 Å². The molecule has 0 bridgehead atoms. The fourth-order valence-corrected chi connectivity index (χ4v) is 3.81. The molecule has 0 radical (unpaired) electrons. The Morgan fingerprint density at radius 2 is 1.84 bits per heavy atom. The topological polar surface area (TPSA) is 82.1 Å². The summed E-state index contributed by atoms with van der Waals surface area (Å²) in [7, 11) is 0. The number of halogens is 3. The van der Waals surface area contributed by atoms with Gasteiger partial charge in [-0.15, -0.1) is 0 Å². The minimum Gasteiger partial charge on any atom is -0.362 e.